The normalized spacial score (nSPS) is 11.2. The molecule has 2 aromatic heterocycles. The molecule has 0 radical (unpaired) electrons. The minimum atomic E-state index is -0.590. The van der Waals surface area contributed by atoms with Crippen LogP contribution in [0, 0.1) is 5.82 Å². The number of oxazole rings is 1. The van der Waals surface area contributed by atoms with Crippen molar-refractivity contribution in [3.63, 3.8) is 0 Å². The molecule has 2 aromatic carbocycles. The maximum atomic E-state index is 14.1. The van der Waals surface area contributed by atoms with Crippen LogP contribution in [0.3, 0.4) is 0 Å². The second-order valence-electron chi connectivity index (χ2n) is 7.21. The number of aromatic nitrogens is 2. The smallest absolute Gasteiger partial charge is 0.408 e. The van der Waals surface area contributed by atoms with Gasteiger partial charge in [0, 0.05) is 6.54 Å². The monoisotopic (exact) mass is 464 g/mol. The van der Waals surface area contributed by atoms with Crippen LogP contribution in [0.4, 0.5) is 9.52 Å². The largest absolute Gasteiger partial charge is 0.420 e. The third-order valence-electron chi connectivity index (χ3n) is 4.74. The molecule has 0 unspecified atom stereocenters. The predicted octanol–water partition coefficient (Wildman–Crippen LogP) is 3.75. The summed E-state index contributed by atoms with van der Waals surface area (Å²) < 4.78 is 21.3. The molecule has 0 spiro atoms. The average molecular weight is 465 g/mol. The molecule has 4 aromatic rings. The van der Waals surface area contributed by atoms with Gasteiger partial charge in [-0.2, -0.15) is 0 Å². The third kappa shape index (κ3) is 4.79. The molecule has 0 aliphatic rings. The number of rotatable bonds is 7. The number of amides is 1. The molecule has 2 heterocycles. The van der Waals surface area contributed by atoms with Crippen LogP contribution in [0.2, 0.25) is 0 Å². The summed E-state index contributed by atoms with van der Waals surface area (Å²) in [5.74, 6) is -1.32. The van der Waals surface area contributed by atoms with Crippen molar-refractivity contribution in [2.24, 2.45) is 0 Å². The van der Waals surface area contributed by atoms with Crippen LogP contribution < -0.4 is 10.7 Å². The van der Waals surface area contributed by atoms with Crippen molar-refractivity contribution in [3.8, 4) is 0 Å². The van der Waals surface area contributed by atoms with Gasteiger partial charge >= 0.3 is 5.76 Å². The van der Waals surface area contributed by atoms with Crippen LogP contribution in [-0.2, 0) is 11.3 Å². The van der Waals surface area contributed by atoms with Gasteiger partial charge in [0.25, 0.3) is 0 Å². The highest BCUT2D eigenvalue weighted by Crippen LogP contribution is 2.30. The summed E-state index contributed by atoms with van der Waals surface area (Å²) in [5, 5.41) is 0.416. The topological polar surface area (TPSA) is 71.6 Å². The SMILES string of the molecule is CN(C)CCCN(C(=O)Cn1c(=O)oc2ccccc21)c1nc2c(F)cccc2s1.Cl. The number of thiazole rings is 1. The molecule has 0 atom stereocenters. The van der Waals surface area contributed by atoms with Crippen molar-refractivity contribution in [1.82, 2.24) is 14.5 Å². The van der Waals surface area contributed by atoms with Crippen molar-refractivity contribution in [2.75, 3.05) is 32.1 Å². The minimum Gasteiger partial charge on any atom is -0.408 e. The number of carbonyl (C=O) groups excluding carboxylic acids is 1. The summed E-state index contributed by atoms with van der Waals surface area (Å²) in [6.45, 7) is 0.997. The summed E-state index contributed by atoms with van der Waals surface area (Å²) in [4.78, 5) is 33.4. The first-order valence-electron chi connectivity index (χ1n) is 9.52. The summed E-state index contributed by atoms with van der Waals surface area (Å²) in [6, 6.07) is 11.7. The number of para-hydroxylation sites is 3. The van der Waals surface area contributed by atoms with E-state index in [9.17, 15) is 14.0 Å². The molecule has 4 rings (SSSR count). The Labute approximate surface area is 188 Å². The number of fused-ring (bicyclic) bond motifs is 2. The highest BCUT2D eigenvalue weighted by atomic mass is 35.5. The molecule has 31 heavy (non-hydrogen) atoms. The van der Waals surface area contributed by atoms with E-state index in [1.54, 1.807) is 36.4 Å². The Bertz CT molecular complexity index is 1270. The summed E-state index contributed by atoms with van der Waals surface area (Å²) in [7, 11) is 3.91. The Balaban J connectivity index is 0.00000272. The summed E-state index contributed by atoms with van der Waals surface area (Å²) in [5.41, 5.74) is 1.23. The van der Waals surface area contributed by atoms with E-state index in [1.807, 2.05) is 19.0 Å². The van der Waals surface area contributed by atoms with Crippen LogP contribution in [0.15, 0.2) is 51.7 Å². The van der Waals surface area contributed by atoms with Crippen LogP contribution >= 0.6 is 23.7 Å². The van der Waals surface area contributed by atoms with Gasteiger partial charge in [0.2, 0.25) is 5.91 Å². The van der Waals surface area contributed by atoms with E-state index in [1.165, 1.54) is 26.9 Å². The van der Waals surface area contributed by atoms with Crippen LogP contribution in [0.25, 0.3) is 21.3 Å². The number of carbonyl (C=O) groups is 1. The zero-order chi connectivity index (χ0) is 21.3. The Kier molecular flexibility index (Phi) is 7.09. The molecule has 0 aliphatic carbocycles. The van der Waals surface area contributed by atoms with E-state index in [0.717, 1.165) is 6.54 Å². The Morgan fingerprint density at radius 1 is 1.16 bits per heavy atom. The number of halogens is 2. The molecule has 0 bridgehead atoms. The average Bonchev–Trinajstić information content (AvgIpc) is 3.27. The second kappa shape index (κ2) is 9.59. The molecular formula is C21H22ClFN4O3S. The number of benzene rings is 2. The highest BCUT2D eigenvalue weighted by molar-refractivity contribution is 7.22. The van der Waals surface area contributed by atoms with Crippen molar-refractivity contribution in [2.45, 2.75) is 13.0 Å². The summed E-state index contributed by atoms with van der Waals surface area (Å²) in [6.07, 6.45) is 0.707. The van der Waals surface area contributed by atoms with Gasteiger partial charge in [-0.05, 0) is 51.3 Å². The van der Waals surface area contributed by atoms with Crippen LogP contribution in [0.1, 0.15) is 6.42 Å². The number of hydrogen-bond acceptors (Lipinski definition) is 6. The van der Waals surface area contributed by atoms with E-state index < -0.39 is 11.6 Å². The van der Waals surface area contributed by atoms with Crippen LogP contribution in [0.5, 0.6) is 0 Å². The fourth-order valence-corrected chi connectivity index (χ4v) is 4.30. The lowest BCUT2D eigenvalue weighted by atomic mass is 10.3. The molecule has 164 valence electrons. The van der Waals surface area contributed by atoms with Gasteiger partial charge < -0.3 is 9.32 Å². The van der Waals surface area contributed by atoms with Gasteiger partial charge in [0.15, 0.2) is 10.7 Å². The molecule has 0 saturated heterocycles. The Hall–Kier alpha value is -2.75. The van der Waals surface area contributed by atoms with E-state index in [0.29, 0.717) is 33.9 Å². The lowest BCUT2D eigenvalue weighted by molar-refractivity contribution is -0.119. The van der Waals surface area contributed by atoms with Crippen LogP contribution in [-0.4, -0.2) is 47.5 Å². The zero-order valence-electron chi connectivity index (χ0n) is 17.1. The fraction of sp³-hybridized carbons (Fsp3) is 0.286. The fourth-order valence-electron chi connectivity index (χ4n) is 3.28. The molecule has 10 heteroatoms. The first kappa shape index (κ1) is 22.9. The van der Waals surface area contributed by atoms with Crippen molar-refractivity contribution in [3.05, 3.63) is 58.8 Å². The molecule has 7 nitrogen and oxygen atoms in total. The molecule has 0 fully saturated rings. The van der Waals surface area contributed by atoms with Gasteiger partial charge in [-0.15, -0.1) is 12.4 Å². The van der Waals surface area contributed by atoms with E-state index in [4.69, 9.17) is 4.42 Å². The maximum Gasteiger partial charge on any atom is 0.420 e. The van der Waals surface area contributed by atoms with Gasteiger partial charge in [-0.3, -0.25) is 14.3 Å². The predicted molar refractivity (Wildman–Crippen MR) is 123 cm³/mol. The number of nitrogens with zero attached hydrogens (tertiary/aromatic N) is 4. The third-order valence-corrected chi connectivity index (χ3v) is 5.79. The summed E-state index contributed by atoms with van der Waals surface area (Å²) >= 11 is 1.26. The highest BCUT2D eigenvalue weighted by Gasteiger charge is 2.23. The quantitative estimate of drug-likeness (QED) is 0.416. The molecule has 0 aliphatic heterocycles. The molecule has 0 N–H and O–H groups in total. The number of anilines is 1. The van der Waals surface area contributed by atoms with E-state index in [2.05, 4.69) is 4.98 Å². The Morgan fingerprint density at radius 3 is 2.68 bits per heavy atom. The van der Waals surface area contributed by atoms with Crippen molar-refractivity contribution in [1.29, 1.82) is 0 Å². The van der Waals surface area contributed by atoms with E-state index >= 15 is 0 Å². The molecular weight excluding hydrogens is 443 g/mol. The first-order valence-corrected chi connectivity index (χ1v) is 10.3. The molecule has 0 saturated carbocycles. The lowest BCUT2D eigenvalue weighted by Gasteiger charge is -2.21. The van der Waals surface area contributed by atoms with Crippen molar-refractivity contribution < 1.29 is 13.6 Å². The van der Waals surface area contributed by atoms with Gasteiger partial charge in [-0.25, -0.2) is 14.2 Å². The first-order chi connectivity index (χ1) is 14.4. The lowest BCUT2D eigenvalue weighted by Crippen LogP contribution is -2.37. The van der Waals surface area contributed by atoms with Gasteiger partial charge in [0.05, 0.1) is 10.2 Å². The van der Waals surface area contributed by atoms with Gasteiger partial charge in [-0.1, -0.05) is 29.5 Å². The van der Waals surface area contributed by atoms with E-state index in [-0.39, 0.29) is 30.4 Å². The Morgan fingerprint density at radius 2 is 1.94 bits per heavy atom. The number of hydrogen-bond donors (Lipinski definition) is 0. The minimum absolute atomic E-state index is 0. The zero-order valence-corrected chi connectivity index (χ0v) is 18.7. The standard InChI is InChI=1S/C21H21FN4O3S.ClH/c1-24(2)11-6-12-25(20-23-19-14(22)7-5-10-17(19)30-20)18(27)13-26-15-8-3-4-9-16(15)29-21(26)28;/h3-5,7-10H,6,11-13H2,1-2H3;1H. The maximum absolute atomic E-state index is 14.1. The van der Waals surface area contributed by atoms with Crippen molar-refractivity contribution >= 4 is 56.1 Å². The second-order valence-corrected chi connectivity index (χ2v) is 8.22. The molecule has 1 amide bonds. The van der Waals surface area contributed by atoms with Gasteiger partial charge in [0.1, 0.15) is 17.9 Å².